The lowest BCUT2D eigenvalue weighted by Crippen LogP contribution is -2.44. The Hall–Kier alpha value is -5.78. The van der Waals surface area contributed by atoms with Gasteiger partial charge in [0.25, 0.3) is 21.8 Å². The van der Waals surface area contributed by atoms with Gasteiger partial charge in [-0.2, -0.15) is 18.3 Å². The molecule has 6 rings (SSSR count). The van der Waals surface area contributed by atoms with Gasteiger partial charge in [-0.05, 0) is 62.2 Å². The van der Waals surface area contributed by atoms with E-state index in [1.165, 1.54) is 29.3 Å². The van der Waals surface area contributed by atoms with Gasteiger partial charge < -0.3 is 10.0 Å². The Morgan fingerprint density at radius 3 is 2.18 bits per heavy atom. The van der Waals surface area contributed by atoms with Crippen LogP contribution in [-0.2, 0) is 25.8 Å². The number of hydrogen-bond donors (Lipinski definition) is 1. The number of carbonyl (C=O) groups is 3. The molecule has 3 aromatic carbocycles. The lowest BCUT2D eigenvalue weighted by Gasteiger charge is -2.27. The van der Waals surface area contributed by atoms with Crippen LogP contribution >= 0.6 is 0 Å². The number of benzene rings is 3. The molecule has 1 N–H and O–H groups in total. The Morgan fingerprint density at radius 1 is 1.00 bits per heavy atom. The van der Waals surface area contributed by atoms with Crippen molar-refractivity contribution in [2.75, 3.05) is 19.8 Å². The number of nitrogens with one attached hydrogen (secondary N) is 1. The fourth-order valence-corrected chi connectivity index (χ4v) is 6.57. The summed E-state index contributed by atoms with van der Waals surface area (Å²) < 4.78 is 69.8. The third-order valence-corrected chi connectivity index (χ3v) is 9.61. The number of hydrogen-bond acceptors (Lipinski definition) is 9. The van der Waals surface area contributed by atoms with Crippen LogP contribution in [0.25, 0.3) is 16.9 Å². The molecule has 2 aliphatic rings. The summed E-state index contributed by atoms with van der Waals surface area (Å²) in [7, 11) is -4.36. The quantitative estimate of drug-likeness (QED) is 0.114. The van der Waals surface area contributed by atoms with Crippen molar-refractivity contribution in [3.63, 3.8) is 0 Å². The fourth-order valence-electron chi connectivity index (χ4n) is 5.53. The molecule has 0 bridgehead atoms. The number of fused-ring (bicyclic) bond motifs is 1. The topological polar surface area (TPSA) is 169 Å². The summed E-state index contributed by atoms with van der Waals surface area (Å²) in [6.07, 6.45) is -4.53. The Kier molecular flexibility index (Phi) is 9.04. The normalized spacial score (nSPS) is 15.7. The second-order valence-electron chi connectivity index (χ2n) is 11.6. The molecule has 14 nitrogen and oxygen atoms in total. The average Bonchev–Trinajstić information content (AvgIpc) is 3.65. The van der Waals surface area contributed by atoms with Gasteiger partial charge in [-0.3, -0.25) is 14.4 Å². The number of piperidine rings is 1. The molecule has 0 atom stereocenters. The summed E-state index contributed by atoms with van der Waals surface area (Å²) in [5.41, 5.74) is 0.987. The lowest BCUT2D eigenvalue weighted by atomic mass is 9.97. The number of rotatable bonds is 9. The van der Waals surface area contributed by atoms with Crippen LogP contribution in [0.3, 0.4) is 0 Å². The summed E-state index contributed by atoms with van der Waals surface area (Å²) in [6.45, 7) is 1.28. The molecule has 0 saturated carbocycles. The van der Waals surface area contributed by atoms with Gasteiger partial charge in [0.05, 0.1) is 45.5 Å². The van der Waals surface area contributed by atoms with Gasteiger partial charge in [0.1, 0.15) is 0 Å². The molecule has 2 aliphatic heterocycles. The van der Waals surface area contributed by atoms with Crippen molar-refractivity contribution < 1.29 is 45.8 Å². The van der Waals surface area contributed by atoms with Crippen molar-refractivity contribution in [2.24, 2.45) is 11.2 Å². The van der Waals surface area contributed by atoms with Gasteiger partial charge in [0.15, 0.2) is 5.69 Å². The minimum Gasteiger partial charge on any atom is -0.569 e. The molecule has 4 aromatic rings. The Balaban J connectivity index is 1.05. The number of alkyl halides is 3. The van der Waals surface area contributed by atoms with E-state index in [1.807, 2.05) is 11.6 Å². The Labute approximate surface area is 282 Å². The highest BCUT2D eigenvalue weighted by Gasteiger charge is 2.37. The molecular weight excluding hydrogens is 683 g/mol. The van der Waals surface area contributed by atoms with Gasteiger partial charge in [-0.15, -0.1) is 5.01 Å². The monoisotopic (exact) mass is 711 g/mol. The number of carbonyl (C=O) groups excluding carboxylic acids is 3. The number of halogens is 3. The molecule has 3 amide bonds. The number of imide groups is 1. The highest BCUT2D eigenvalue weighted by molar-refractivity contribution is 7.90. The van der Waals surface area contributed by atoms with E-state index in [9.17, 15) is 41.2 Å². The van der Waals surface area contributed by atoms with Gasteiger partial charge in [-0.25, -0.2) is 22.7 Å². The van der Waals surface area contributed by atoms with Crippen LogP contribution in [0.4, 0.5) is 13.2 Å². The zero-order valence-corrected chi connectivity index (χ0v) is 27.0. The summed E-state index contributed by atoms with van der Waals surface area (Å²) in [4.78, 5) is 43.3. The van der Waals surface area contributed by atoms with Crippen LogP contribution in [0.2, 0.25) is 0 Å². The van der Waals surface area contributed by atoms with E-state index < -0.39 is 52.3 Å². The molecule has 1 aromatic heterocycles. The molecule has 0 aliphatic carbocycles. The van der Waals surface area contributed by atoms with Crippen molar-refractivity contribution in [3.8, 4) is 16.9 Å². The molecule has 0 unspecified atom stereocenters. The maximum atomic E-state index is 13.6. The summed E-state index contributed by atoms with van der Waals surface area (Å²) in [5, 5.41) is 20.7. The van der Waals surface area contributed by atoms with E-state index in [2.05, 4.69) is 10.4 Å². The van der Waals surface area contributed by atoms with E-state index in [-0.39, 0.29) is 58.3 Å². The Morgan fingerprint density at radius 2 is 1.60 bits per heavy atom. The van der Waals surface area contributed by atoms with E-state index in [0.29, 0.717) is 5.56 Å². The van der Waals surface area contributed by atoms with Crippen molar-refractivity contribution in [2.45, 2.75) is 30.8 Å². The first-order valence-corrected chi connectivity index (χ1v) is 16.6. The number of aromatic nitrogens is 2. The molecule has 0 radical (unpaired) electrons. The highest BCUT2D eigenvalue weighted by atomic mass is 32.2. The van der Waals surface area contributed by atoms with Crippen LogP contribution in [0.15, 0.2) is 89.0 Å². The predicted octanol–water partition coefficient (Wildman–Crippen LogP) is 4.45. The third kappa shape index (κ3) is 6.87. The first-order chi connectivity index (χ1) is 23.7. The maximum absolute atomic E-state index is 13.6. The number of aryl methyl sites for hydroxylation is 1. The van der Waals surface area contributed by atoms with E-state index >= 15 is 0 Å². The smallest absolute Gasteiger partial charge is 0.435 e. The predicted molar refractivity (Wildman–Crippen MR) is 167 cm³/mol. The van der Waals surface area contributed by atoms with Crippen LogP contribution < -0.4 is 4.72 Å². The first-order valence-electron chi connectivity index (χ1n) is 15.1. The lowest BCUT2D eigenvalue weighted by molar-refractivity contribution is -0.713. The van der Waals surface area contributed by atoms with Gasteiger partial charge in [0, 0.05) is 11.5 Å². The minimum absolute atomic E-state index is 0.0172. The molecular formula is C32H28F3N7O7S. The van der Waals surface area contributed by atoms with E-state index in [0.717, 1.165) is 33.3 Å². The van der Waals surface area contributed by atoms with Gasteiger partial charge in [0.2, 0.25) is 17.9 Å². The standard InChI is InChI=1S/C32H28F3N7O7S/c1-20-6-8-21(9-7-20)27-18-28(32(33,34)35)36-41(27)23-10-12-24(13-11-23)50(47,48)37-29(43)22-14-16-39(17-15-22)42(46)38-49-19-40-30(44)25-4-2-3-5-26(25)31(40)45/h2-13,18,22H,14-17,19H2,1H3,(H,37,43). The summed E-state index contributed by atoms with van der Waals surface area (Å²) in [5.74, 6) is -2.73. The largest absolute Gasteiger partial charge is 0.569 e. The molecule has 1 fully saturated rings. The highest BCUT2D eigenvalue weighted by Crippen LogP contribution is 2.33. The minimum atomic E-state index is -4.71. The van der Waals surface area contributed by atoms with Crippen LogP contribution in [0.1, 0.15) is 44.8 Å². The van der Waals surface area contributed by atoms with Crippen molar-refractivity contribution in [1.82, 2.24) is 24.4 Å². The van der Waals surface area contributed by atoms with Crippen LogP contribution in [0, 0.1) is 18.0 Å². The number of hydrazine groups is 1. The SMILES string of the molecule is Cc1ccc(-c2cc(C(F)(F)F)nn2-c2ccc(S(=O)(=O)NC(=O)C3CCN([N+]([O-])=NOCN4C(=O)c5ccccc5C4=O)CC3)cc2)cc1. The zero-order chi connectivity index (χ0) is 35.8. The van der Waals surface area contributed by atoms with E-state index in [1.54, 1.807) is 36.4 Å². The van der Waals surface area contributed by atoms with Crippen molar-refractivity contribution in [3.05, 3.63) is 106 Å². The second kappa shape index (κ2) is 13.3. The van der Waals surface area contributed by atoms with Gasteiger partial charge in [-0.1, -0.05) is 42.0 Å². The molecule has 0 spiro atoms. The second-order valence-corrected chi connectivity index (χ2v) is 13.2. The van der Waals surface area contributed by atoms with Crippen LogP contribution in [0.5, 0.6) is 0 Å². The third-order valence-electron chi connectivity index (χ3n) is 8.25. The van der Waals surface area contributed by atoms with Crippen LogP contribution in [-0.4, -0.2) is 70.6 Å². The number of nitrogens with zero attached hydrogens (tertiary/aromatic N) is 6. The van der Waals surface area contributed by atoms with Gasteiger partial charge >= 0.3 is 6.18 Å². The summed E-state index contributed by atoms with van der Waals surface area (Å²) >= 11 is 0. The van der Waals surface area contributed by atoms with Crippen molar-refractivity contribution >= 4 is 27.7 Å². The molecule has 18 heteroatoms. The van der Waals surface area contributed by atoms with E-state index in [4.69, 9.17) is 4.84 Å². The number of amides is 3. The first kappa shape index (κ1) is 34.1. The van der Waals surface area contributed by atoms with Crippen molar-refractivity contribution in [1.29, 1.82) is 0 Å². The molecule has 50 heavy (non-hydrogen) atoms. The number of sulfonamides is 1. The summed E-state index contributed by atoms with van der Waals surface area (Å²) in [6, 6.07) is 18.8. The average molecular weight is 712 g/mol. The molecule has 3 heterocycles. The maximum Gasteiger partial charge on any atom is 0.435 e. The molecule has 260 valence electrons. The Bertz CT molecular complexity index is 2060. The fraction of sp³-hybridized carbons (Fsp3) is 0.250. The molecule has 1 saturated heterocycles. The zero-order valence-electron chi connectivity index (χ0n) is 26.2.